The van der Waals surface area contributed by atoms with E-state index in [9.17, 15) is 0 Å². The van der Waals surface area contributed by atoms with Gasteiger partial charge in [0.25, 0.3) is 0 Å². The predicted octanol–water partition coefficient (Wildman–Crippen LogP) is 9.50. The molecule has 0 radical (unpaired) electrons. The first-order valence-electron chi connectivity index (χ1n) is 12.9. The van der Waals surface area contributed by atoms with E-state index in [1.807, 2.05) is 26.0 Å². The Hall–Kier alpha value is -3.61. The smallest absolute Gasteiger partial charge is 0.204 e. The highest BCUT2D eigenvalue weighted by atomic mass is 35.5. The van der Waals surface area contributed by atoms with Gasteiger partial charge in [-0.3, -0.25) is 0 Å². The summed E-state index contributed by atoms with van der Waals surface area (Å²) in [4.78, 5) is 22.2. The highest BCUT2D eigenvalue weighted by Crippen LogP contribution is 2.36. The Bertz CT molecular complexity index is 2070. The summed E-state index contributed by atoms with van der Waals surface area (Å²) in [5, 5.41) is 14.3. The third-order valence-electron chi connectivity index (χ3n) is 6.77. The first-order chi connectivity index (χ1) is 20.7. The van der Waals surface area contributed by atoms with Crippen molar-refractivity contribution < 1.29 is 9.05 Å². The molecular weight excluding hydrogens is 649 g/mol. The Morgan fingerprint density at radius 2 is 1.28 bits per heavy atom. The maximum absolute atomic E-state index is 6.19. The van der Waals surface area contributed by atoms with Crippen LogP contribution in [0.1, 0.15) is 26.4 Å². The summed E-state index contributed by atoms with van der Waals surface area (Å²) in [5.74, 6) is 2.80. The van der Waals surface area contributed by atoms with Crippen molar-refractivity contribution in [3.63, 3.8) is 0 Å². The molecule has 6 heterocycles. The summed E-state index contributed by atoms with van der Waals surface area (Å²) in [6.07, 6.45) is 3.14. The minimum atomic E-state index is 0.461. The van der Waals surface area contributed by atoms with Gasteiger partial charge in [0.1, 0.15) is 20.6 Å². The molecule has 0 spiro atoms. The molecule has 218 valence electrons. The van der Waals surface area contributed by atoms with Gasteiger partial charge in [-0.05, 0) is 56.5 Å². The van der Waals surface area contributed by atoms with E-state index >= 15 is 0 Å². The zero-order valence-electron chi connectivity index (χ0n) is 23.2. The lowest BCUT2D eigenvalue weighted by Crippen LogP contribution is -2.04. The number of thiophene rings is 2. The van der Waals surface area contributed by atoms with E-state index in [1.54, 1.807) is 53.3 Å². The highest BCUT2D eigenvalue weighted by molar-refractivity contribution is 7.19. The molecule has 43 heavy (non-hydrogen) atoms. The van der Waals surface area contributed by atoms with Crippen LogP contribution >= 0.6 is 57.5 Å². The standard InChI is InChI=1S/C18H14Cl2N4OS.C11H8ClN3OS/c1-9-10(2)26-18-15(9)17(23-16(24-18)14-5-6-22-25-14)21-8-11-3-4-12(19)13(20)7-11;1-5-6(2)17-11-8(5)9(12)14-10(15-11)7-3-4-13-16-7/h3-7H,8H2,1-2H3,(H,21,23,24);3-4H,1-2H3. The quantitative estimate of drug-likeness (QED) is 0.179. The lowest BCUT2D eigenvalue weighted by Gasteiger charge is -2.10. The minimum Gasteiger partial charge on any atom is -0.365 e. The van der Waals surface area contributed by atoms with E-state index in [0.717, 1.165) is 37.4 Å². The number of rotatable bonds is 5. The topological polar surface area (TPSA) is 116 Å². The fourth-order valence-corrected chi connectivity index (χ4v) is 7.04. The van der Waals surface area contributed by atoms with Gasteiger partial charge in [-0.25, -0.2) is 19.9 Å². The molecule has 0 aliphatic heterocycles. The number of aryl methyl sites for hydroxylation is 4. The van der Waals surface area contributed by atoms with Crippen LogP contribution in [0.3, 0.4) is 0 Å². The van der Waals surface area contributed by atoms with Gasteiger partial charge in [-0.15, -0.1) is 22.7 Å². The molecule has 7 rings (SSSR count). The fourth-order valence-electron chi connectivity index (χ4n) is 4.30. The lowest BCUT2D eigenvalue weighted by molar-refractivity contribution is 0.429. The zero-order valence-corrected chi connectivity index (χ0v) is 27.1. The second-order valence-electron chi connectivity index (χ2n) is 9.52. The SMILES string of the molecule is Cc1sc2nc(-c3ccno3)nc(Cl)c2c1C.Cc1sc2nc(-c3ccno3)nc(NCc3ccc(Cl)c(Cl)c3)c2c1C. The Labute approximate surface area is 268 Å². The molecule has 6 aromatic heterocycles. The monoisotopic (exact) mass is 669 g/mol. The van der Waals surface area contributed by atoms with E-state index in [2.05, 4.69) is 49.4 Å². The van der Waals surface area contributed by atoms with Crippen LogP contribution in [0, 0.1) is 27.7 Å². The maximum Gasteiger partial charge on any atom is 0.204 e. The third kappa shape index (κ3) is 5.96. The number of nitrogens with one attached hydrogen (secondary N) is 1. The average Bonchev–Trinajstić information content (AvgIpc) is 3.79. The molecular formula is C29H22Cl3N7O2S2. The summed E-state index contributed by atoms with van der Waals surface area (Å²) in [5.41, 5.74) is 3.32. The molecule has 0 aliphatic rings. The molecule has 14 heteroatoms. The first-order valence-corrected chi connectivity index (χ1v) is 15.7. The second-order valence-corrected chi connectivity index (χ2v) is 13.1. The highest BCUT2D eigenvalue weighted by Gasteiger charge is 2.18. The molecule has 1 N–H and O–H groups in total. The minimum absolute atomic E-state index is 0.461. The van der Waals surface area contributed by atoms with E-state index in [0.29, 0.717) is 44.9 Å². The molecule has 0 unspecified atom stereocenters. The number of aromatic nitrogens is 6. The van der Waals surface area contributed by atoms with Gasteiger partial charge in [0, 0.05) is 28.4 Å². The summed E-state index contributed by atoms with van der Waals surface area (Å²) in [7, 11) is 0. The van der Waals surface area contributed by atoms with Gasteiger partial charge in [-0.1, -0.05) is 51.2 Å². The van der Waals surface area contributed by atoms with Gasteiger partial charge < -0.3 is 14.4 Å². The molecule has 0 saturated heterocycles. The van der Waals surface area contributed by atoms with Crippen molar-refractivity contribution in [1.29, 1.82) is 0 Å². The van der Waals surface area contributed by atoms with Crippen LogP contribution in [0.15, 0.2) is 51.8 Å². The number of halogens is 3. The van der Waals surface area contributed by atoms with Gasteiger partial charge >= 0.3 is 0 Å². The molecule has 0 aliphatic carbocycles. The number of anilines is 1. The number of hydrogen-bond donors (Lipinski definition) is 1. The van der Waals surface area contributed by atoms with E-state index in [4.69, 9.17) is 43.8 Å². The summed E-state index contributed by atoms with van der Waals surface area (Å²) < 4.78 is 10.3. The normalized spacial score (nSPS) is 11.2. The Kier molecular flexibility index (Phi) is 8.34. The van der Waals surface area contributed by atoms with Crippen molar-refractivity contribution in [2.24, 2.45) is 0 Å². The molecule has 1 aromatic carbocycles. The Morgan fingerprint density at radius 1 is 0.698 bits per heavy atom. The lowest BCUT2D eigenvalue weighted by atomic mass is 10.2. The van der Waals surface area contributed by atoms with Crippen molar-refractivity contribution in [3.05, 3.63) is 84.4 Å². The van der Waals surface area contributed by atoms with Crippen molar-refractivity contribution in [2.45, 2.75) is 34.2 Å². The number of nitrogens with zero attached hydrogens (tertiary/aromatic N) is 6. The Morgan fingerprint density at radius 3 is 1.86 bits per heavy atom. The van der Waals surface area contributed by atoms with E-state index in [-0.39, 0.29) is 0 Å². The van der Waals surface area contributed by atoms with Crippen molar-refractivity contribution in [3.8, 4) is 23.2 Å². The second kappa shape index (κ2) is 12.2. The first kappa shape index (κ1) is 29.5. The molecule has 0 bridgehead atoms. The van der Waals surface area contributed by atoms with Gasteiger partial charge in [0.2, 0.25) is 23.2 Å². The van der Waals surface area contributed by atoms with Crippen LogP contribution in [0.2, 0.25) is 15.2 Å². The van der Waals surface area contributed by atoms with Gasteiger partial charge in [0.15, 0.2) is 0 Å². The van der Waals surface area contributed by atoms with Crippen LogP contribution in [0.4, 0.5) is 5.82 Å². The molecule has 9 nitrogen and oxygen atoms in total. The molecule has 7 aromatic rings. The van der Waals surface area contributed by atoms with Crippen LogP contribution in [-0.4, -0.2) is 30.2 Å². The largest absolute Gasteiger partial charge is 0.365 e. The van der Waals surface area contributed by atoms with Crippen LogP contribution in [-0.2, 0) is 6.54 Å². The van der Waals surface area contributed by atoms with Crippen LogP contribution < -0.4 is 5.32 Å². The van der Waals surface area contributed by atoms with E-state index in [1.165, 1.54) is 15.3 Å². The maximum atomic E-state index is 6.19. The average molecular weight is 671 g/mol. The van der Waals surface area contributed by atoms with Crippen LogP contribution in [0.25, 0.3) is 43.6 Å². The molecule has 0 atom stereocenters. The fraction of sp³-hybridized carbons (Fsp3) is 0.172. The van der Waals surface area contributed by atoms with Crippen LogP contribution in [0.5, 0.6) is 0 Å². The molecule has 0 fully saturated rings. The Balaban J connectivity index is 0.000000167. The van der Waals surface area contributed by atoms with Crippen molar-refractivity contribution in [1.82, 2.24) is 30.2 Å². The van der Waals surface area contributed by atoms with Crippen molar-refractivity contribution >= 4 is 83.7 Å². The van der Waals surface area contributed by atoms with Gasteiger partial charge in [0.05, 0.1) is 33.2 Å². The summed E-state index contributed by atoms with van der Waals surface area (Å²) in [6.45, 7) is 8.80. The van der Waals surface area contributed by atoms with E-state index < -0.39 is 0 Å². The molecule has 0 saturated carbocycles. The number of benzene rings is 1. The molecule has 0 amide bonds. The van der Waals surface area contributed by atoms with Gasteiger partial charge in [-0.2, -0.15) is 0 Å². The summed E-state index contributed by atoms with van der Waals surface area (Å²) >= 11 is 21.5. The summed E-state index contributed by atoms with van der Waals surface area (Å²) in [6, 6.07) is 9.03. The predicted molar refractivity (Wildman–Crippen MR) is 174 cm³/mol. The van der Waals surface area contributed by atoms with Crippen molar-refractivity contribution in [2.75, 3.05) is 5.32 Å². The number of hydrogen-bond acceptors (Lipinski definition) is 11. The zero-order chi connectivity index (χ0) is 30.2. The number of fused-ring (bicyclic) bond motifs is 2. The third-order valence-corrected chi connectivity index (χ3v) is 9.99.